The molecular weight excluding hydrogens is 242 g/mol. The fourth-order valence-corrected chi connectivity index (χ4v) is 3.55. The van der Waals surface area contributed by atoms with E-state index < -0.39 is 0 Å². The second-order valence-corrected chi connectivity index (χ2v) is 5.38. The van der Waals surface area contributed by atoms with Crippen molar-refractivity contribution in [2.75, 3.05) is 18.5 Å². The number of carbonyl (C=O) groups excluding carboxylic acids is 2. The highest BCUT2D eigenvalue weighted by Crippen LogP contribution is 2.40. The number of amides is 2. The number of hydrogen-bond acceptors (Lipinski definition) is 3. The highest BCUT2D eigenvalue weighted by molar-refractivity contribution is 6.10. The standard InChI is InChI=1S/C14H15N3O2/c1-15-12(18)9-5-2-3-6-10(9)17-13(19)11-7-4-8-16(11)14(15)17/h2-3,5-6,11,14H,4,7-8H2,1H3/t11-,14+/m1/s1. The lowest BCUT2D eigenvalue weighted by atomic mass is 10.1. The third-order valence-electron chi connectivity index (χ3n) is 4.41. The molecule has 0 bridgehead atoms. The van der Waals surface area contributed by atoms with Crippen LogP contribution in [0.5, 0.6) is 0 Å². The molecule has 3 heterocycles. The summed E-state index contributed by atoms with van der Waals surface area (Å²) in [4.78, 5) is 30.6. The van der Waals surface area contributed by atoms with Crippen molar-refractivity contribution >= 4 is 17.5 Å². The van der Waals surface area contributed by atoms with E-state index in [0.717, 1.165) is 25.1 Å². The molecule has 2 atom stereocenters. The van der Waals surface area contributed by atoms with Gasteiger partial charge in [-0.1, -0.05) is 12.1 Å². The maximum Gasteiger partial charge on any atom is 0.258 e. The topological polar surface area (TPSA) is 43.9 Å². The number of rotatable bonds is 0. The lowest BCUT2D eigenvalue weighted by Crippen LogP contribution is -2.56. The maximum atomic E-state index is 12.6. The Morgan fingerprint density at radius 1 is 1.21 bits per heavy atom. The number of fused-ring (bicyclic) bond motifs is 5. The van der Waals surface area contributed by atoms with Crippen LogP contribution in [-0.2, 0) is 4.79 Å². The predicted molar refractivity (Wildman–Crippen MR) is 69.5 cm³/mol. The molecule has 0 radical (unpaired) electrons. The average molecular weight is 257 g/mol. The molecule has 0 aromatic heterocycles. The van der Waals surface area contributed by atoms with Crippen LogP contribution < -0.4 is 4.90 Å². The normalized spacial score (nSPS) is 29.5. The number of para-hydroxylation sites is 1. The lowest BCUT2D eigenvalue weighted by molar-refractivity contribution is -0.119. The first-order chi connectivity index (χ1) is 9.20. The van der Waals surface area contributed by atoms with Crippen molar-refractivity contribution < 1.29 is 9.59 Å². The molecule has 3 aliphatic heterocycles. The molecule has 5 heteroatoms. The Kier molecular flexibility index (Phi) is 2.07. The lowest BCUT2D eigenvalue weighted by Gasteiger charge is -2.40. The van der Waals surface area contributed by atoms with E-state index in [0.29, 0.717) is 5.56 Å². The molecule has 2 saturated heterocycles. The zero-order chi connectivity index (χ0) is 13.1. The largest absolute Gasteiger partial charge is 0.308 e. The van der Waals surface area contributed by atoms with Gasteiger partial charge >= 0.3 is 0 Å². The van der Waals surface area contributed by atoms with Crippen LogP contribution >= 0.6 is 0 Å². The SMILES string of the molecule is CN1C(=O)c2ccccc2N2C(=O)[C@H]3CCCN3[C@H]12. The third kappa shape index (κ3) is 1.23. The monoisotopic (exact) mass is 257 g/mol. The Bertz CT molecular complexity index is 586. The van der Waals surface area contributed by atoms with Gasteiger partial charge in [-0.2, -0.15) is 0 Å². The van der Waals surface area contributed by atoms with E-state index in [1.807, 2.05) is 18.2 Å². The summed E-state index contributed by atoms with van der Waals surface area (Å²) >= 11 is 0. The molecule has 2 amide bonds. The number of nitrogens with zero attached hydrogens (tertiary/aromatic N) is 3. The van der Waals surface area contributed by atoms with Gasteiger partial charge in [0.15, 0.2) is 6.29 Å². The number of hydrogen-bond donors (Lipinski definition) is 0. The van der Waals surface area contributed by atoms with Crippen molar-refractivity contribution in [2.45, 2.75) is 25.2 Å². The minimum atomic E-state index is -0.234. The molecule has 0 N–H and O–H groups in total. The van der Waals surface area contributed by atoms with Crippen molar-refractivity contribution in [3.63, 3.8) is 0 Å². The van der Waals surface area contributed by atoms with Gasteiger partial charge < -0.3 is 4.90 Å². The smallest absolute Gasteiger partial charge is 0.258 e. The molecule has 19 heavy (non-hydrogen) atoms. The fourth-order valence-electron chi connectivity index (χ4n) is 3.55. The van der Waals surface area contributed by atoms with Crippen LogP contribution in [0.1, 0.15) is 23.2 Å². The molecule has 1 aromatic carbocycles. The zero-order valence-corrected chi connectivity index (χ0v) is 10.7. The molecule has 1 aromatic rings. The van der Waals surface area contributed by atoms with Crippen LogP contribution in [0.2, 0.25) is 0 Å². The molecule has 98 valence electrons. The first-order valence-electron chi connectivity index (χ1n) is 6.65. The van der Waals surface area contributed by atoms with Crippen LogP contribution in [0.4, 0.5) is 5.69 Å². The van der Waals surface area contributed by atoms with Crippen molar-refractivity contribution in [1.82, 2.24) is 9.80 Å². The van der Waals surface area contributed by atoms with Gasteiger partial charge in [-0.15, -0.1) is 0 Å². The summed E-state index contributed by atoms with van der Waals surface area (Å²) in [5.41, 5.74) is 1.38. The molecule has 5 nitrogen and oxygen atoms in total. The number of anilines is 1. The van der Waals surface area contributed by atoms with Gasteiger partial charge in [-0.05, 0) is 25.0 Å². The third-order valence-corrected chi connectivity index (χ3v) is 4.41. The Morgan fingerprint density at radius 3 is 2.84 bits per heavy atom. The van der Waals surface area contributed by atoms with E-state index in [-0.39, 0.29) is 24.1 Å². The summed E-state index contributed by atoms with van der Waals surface area (Å²) in [5.74, 6) is 0.131. The number of carbonyl (C=O) groups is 2. The van der Waals surface area contributed by atoms with E-state index in [2.05, 4.69) is 4.90 Å². The van der Waals surface area contributed by atoms with E-state index in [1.165, 1.54) is 0 Å². The van der Waals surface area contributed by atoms with E-state index in [1.54, 1.807) is 22.9 Å². The highest BCUT2D eigenvalue weighted by Gasteiger charge is 2.54. The second-order valence-electron chi connectivity index (χ2n) is 5.38. The van der Waals surface area contributed by atoms with Crippen molar-refractivity contribution in [3.8, 4) is 0 Å². The van der Waals surface area contributed by atoms with Gasteiger partial charge in [-0.3, -0.25) is 19.4 Å². The minimum absolute atomic E-state index is 0.00259. The fraction of sp³-hybridized carbons (Fsp3) is 0.429. The average Bonchev–Trinajstić information content (AvgIpc) is 2.99. The zero-order valence-electron chi connectivity index (χ0n) is 10.7. The quantitative estimate of drug-likeness (QED) is 0.692. The van der Waals surface area contributed by atoms with Gasteiger partial charge in [0.05, 0.1) is 17.3 Å². The van der Waals surface area contributed by atoms with Gasteiger partial charge in [0.1, 0.15) is 0 Å². The van der Waals surface area contributed by atoms with E-state index >= 15 is 0 Å². The molecule has 0 aliphatic carbocycles. The second kappa shape index (κ2) is 3.57. The van der Waals surface area contributed by atoms with Crippen molar-refractivity contribution in [3.05, 3.63) is 29.8 Å². The first-order valence-corrected chi connectivity index (χ1v) is 6.65. The summed E-state index contributed by atoms with van der Waals surface area (Å²) in [5, 5.41) is 0. The first kappa shape index (κ1) is 11.0. The minimum Gasteiger partial charge on any atom is -0.308 e. The Morgan fingerprint density at radius 2 is 2.00 bits per heavy atom. The van der Waals surface area contributed by atoms with Crippen molar-refractivity contribution in [1.29, 1.82) is 0 Å². The summed E-state index contributed by atoms with van der Waals surface area (Å²) in [6.45, 7) is 0.886. The summed E-state index contributed by atoms with van der Waals surface area (Å²) in [6.07, 6.45) is 1.70. The molecule has 0 saturated carbocycles. The van der Waals surface area contributed by atoms with E-state index in [4.69, 9.17) is 0 Å². The van der Waals surface area contributed by atoms with E-state index in [9.17, 15) is 9.59 Å². The Labute approximate surface area is 111 Å². The maximum absolute atomic E-state index is 12.6. The van der Waals surface area contributed by atoms with Crippen LogP contribution in [0.15, 0.2) is 24.3 Å². The van der Waals surface area contributed by atoms with Gasteiger partial charge in [-0.25, -0.2) is 0 Å². The summed E-state index contributed by atoms with van der Waals surface area (Å²) in [7, 11) is 1.78. The van der Waals surface area contributed by atoms with Crippen LogP contribution in [0, 0.1) is 0 Å². The van der Waals surface area contributed by atoms with Crippen LogP contribution in [-0.4, -0.2) is 47.5 Å². The summed E-state index contributed by atoms with van der Waals surface area (Å²) in [6, 6.07) is 7.33. The molecule has 0 spiro atoms. The molecule has 3 aliphatic rings. The molecule has 2 fully saturated rings. The molecule has 4 rings (SSSR count). The Balaban J connectivity index is 1.91. The molecule has 0 unspecified atom stereocenters. The van der Waals surface area contributed by atoms with Gasteiger partial charge in [0, 0.05) is 13.6 Å². The van der Waals surface area contributed by atoms with Gasteiger partial charge in [0.2, 0.25) is 5.91 Å². The molecular formula is C14H15N3O2. The van der Waals surface area contributed by atoms with Crippen LogP contribution in [0.25, 0.3) is 0 Å². The highest BCUT2D eigenvalue weighted by atomic mass is 16.2. The Hall–Kier alpha value is -1.88. The van der Waals surface area contributed by atoms with Crippen LogP contribution in [0.3, 0.4) is 0 Å². The predicted octanol–water partition coefficient (Wildman–Crippen LogP) is 0.867. The van der Waals surface area contributed by atoms with Gasteiger partial charge in [0.25, 0.3) is 5.91 Å². The van der Waals surface area contributed by atoms with Crippen molar-refractivity contribution in [2.24, 2.45) is 0 Å². The number of benzene rings is 1. The summed E-state index contributed by atoms with van der Waals surface area (Å²) < 4.78 is 0.